The molecule has 82 valence electrons. The van der Waals surface area contributed by atoms with Gasteiger partial charge in [0, 0.05) is 0 Å². The van der Waals surface area contributed by atoms with Gasteiger partial charge < -0.3 is 9.29 Å². The number of esters is 1. The third-order valence-corrected chi connectivity index (χ3v) is 2.35. The zero-order chi connectivity index (χ0) is 11.3. The third-order valence-electron chi connectivity index (χ3n) is 1.79. The van der Waals surface area contributed by atoms with E-state index >= 15 is 0 Å². The molecule has 1 atom stereocenters. The maximum absolute atomic E-state index is 11.4. The molecule has 0 aliphatic rings. The molecule has 4 nitrogen and oxygen atoms in total. The van der Waals surface area contributed by atoms with Gasteiger partial charge in [0.2, 0.25) is 0 Å². The summed E-state index contributed by atoms with van der Waals surface area (Å²) in [5.41, 5.74) is 0.874. The lowest BCUT2D eigenvalue weighted by atomic mass is 10.1. The molecule has 0 spiro atoms. The normalized spacial score (nSPS) is 12.1. The molecule has 0 aliphatic carbocycles. The molecule has 1 aromatic rings. The molecule has 1 unspecified atom stereocenters. The van der Waals surface area contributed by atoms with Crippen molar-refractivity contribution in [3.8, 4) is 0 Å². The summed E-state index contributed by atoms with van der Waals surface area (Å²) in [6.07, 6.45) is 0. The Kier molecular flexibility index (Phi) is 4.45. The first-order valence-corrected chi connectivity index (χ1v) is 5.75. The largest absolute Gasteiger partial charge is 0.462 e. The Balaban J connectivity index is 2.95. The monoisotopic (exact) mass is 228 g/mol. The topological polar surface area (TPSA) is 63.6 Å². The summed E-state index contributed by atoms with van der Waals surface area (Å²) in [4.78, 5) is 11.4. The second-order valence-corrected chi connectivity index (χ2v) is 3.78. The van der Waals surface area contributed by atoms with Gasteiger partial charge in [-0.15, -0.1) is 0 Å². The van der Waals surface area contributed by atoms with Gasteiger partial charge in [0.05, 0.1) is 17.9 Å². The summed E-state index contributed by atoms with van der Waals surface area (Å²) in [7, 11) is 0. The van der Waals surface area contributed by atoms with E-state index in [1.54, 1.807) is 31.2 Å². The Morgan fingerprint density at radius 3 is 2.73 bits per heavy atom. The van der Waals surface area contributed by atoms with Gasteiger partial charge in [0.1, 0.15) is 0 Å². The van der Waals surface area contributed by atoms with E-state index in [0.717, 1.165) is 0 Å². The summed E-state index contributed by atoms with van der Waals surface area (Å²) >= 11 is -1.96. The first-order chi connectivity index (χ1) is 7.15. The Hall–Kier alpha value is -1.20. The van der Waals surface area contributed by atoms with Crippen LogP contribution in [0.4, 0.5) is 0 Å². The fourth-order valence-corrected chi connectivity index (χ4v) is 1.70. The van der Waals surface area contributed by atoms with Crippen molar-refractivity contribution < 1.29 is 18.3 Å². The number of carbonyl (C=O) groups excluding carboxylic acids is 1. The zero-order valence-electron chi connectivity index (χ0n) is 8.30. The molecular weight excluding hydrogens is 216 g/mol. The second-order valence-electron chi connectivity index (χ2n) is 2.84. The molecule has 0 fully saturated rings. The molecule has 0 amide bonds. The summed E-state index contributed by atoms with van der Waals surface area (Å²) in [5.74, 6) is -0.520. The SMILES string of the molecule is CCOC(=O)c1ccccc1CS(=O)O. The Morgan fingerprint density at radius 2 is 2.13 bits per heavy atom. The minimum absolute atomic E-state index is 0.0605. The molecular formula is C10H12O4S. The third kappa shape index (κ3) is 3.45. The lowest BCUT2D eigenvalue weighted by molar-refractivity contribution is 0.0525. The Labute approximate surface area is 90.5 Å². The summed E-state index contributed by atoms with van der Waals surface area (Å²) in [6.45, 7) is 2.00. The lowest BCUT2D eigenvalue weighted by Gasteiger charge is -2.06. The highest BCUT2D eigenvalue weighted by Gasteiger charge is 2.12. The summed E-state index contributed by atoms with van der Waals surface area (Å²) < 4.78 is 24.3. The fraction of sp³-hybridized carbons (Fsp3) is 0.300. The minimum atomic E-state index is -1.96. The number of benzene rings is 1. The second kappa shape index (κ2) is 5.63. The van der Waals surface area contributed by atoms with Gasteiger partial charge in [-0.05, 0) is 18.6 Å². The lowest BCUT2D eigenvalue weighted by Crippen LogP contribution is -2.09. The molecule has 0 aromatic heterocycles. The molecule has 1 N–H and O–H groups in total. The molecule has 0 aliphatic heterocycles. The van der Waals surface area contributed by atoms with Gasteiger partial charge in [-0.1, -0.05) is 18.2 Å². The number of hydrogen-bond donors (Lipinski definition) is 1. The van der Waals surface area contributed by atoms with Crippen molar-refractivity contribution in [2.45, 2.75) is 12.7 Å². The van der Waals surface area contributed by atoms with Crippen molar-refractivity contribution in [3.05, 3.63) is 35.4 Å². The standard InChI is InChI=1S/C10H12O4S/c1-2-14-10(11)9-6-4-3-5-8(9)7-15(12)13/h3-6H,2,7H2,1H3,(H,12,13). The number of rotatable bonds is 4. The zero-order valence-corrected chi connectivity index (χ0v) is 9.12. The van der Waals surface area contributed by atoms with Crippen LogP contribution in [0.1, 0.15) is 22.8 Å². The van der Waals surface area contributed by atoms with Crippen molar-refractivity contribution in [1.82, 2.24) is 0 Å². The van der Waals surface area contributed by atoms with Crippen LogP contribution in [0.3, 0.4) is 0 Å². The maximum atomic E-state index is 11.4. The predicted molar refractivity (Wildman–Crippen MR) is 56.9 cm³/mol. The molecule has 15 heavy (non-hydrogen) atoms. The van der Waals surface area contributed by atoms with Crippen molar-refractivity contribution in [2.24, 2.45) is 0 Å². The van der Waals surface area contributed by atoms with Crippen molar-refractivity contribution >= 4 is 17.0 Å². The van der Waals surface area contributed by atoms with Crippen LogP contribution < -0.4 is 0 Å². The maximum Gasteiger partial charge on any atom is 0.338 e. The van der Waals surface area contributed by atoms with E-state index in [0.29, 0.717) is 11.1 Å². The highest BCUT2D eigenvalue weighted by Crippen LogP contribution is 2.12. The molecule has 0 saturated heterocycles. The molecule has 1 rings (SSSR count). The van der Waals surface area contributed by atoms with E-state index in [-0.39, 0.29) is 12.4 Å². The van der Waals surface area contributed by atoms with E-state index in [4.69, 9.17) is 9.29 Å². The molecule has 0 radical (unpaired) electrons. The van der Waals surface area contributed by atoms with Crippen molar-refractivity contribution in [2.75, 3.05) is 6.61 Å². The Morgan fingerprint density at radius 1 is 1.47 bits per heavy atom. The Bertz CT molecular complexity index is 375. The number of carbonyl (C=O) groups is 1. The van der Waals surface area contributed by atoms with E-state index in [1.807, 2.05) is 0 Å². The average Bonchev–Trinajstić information content (AvgIpc) is 2.18. The molecule has 0 saturated carbocycles. The van der Waals surface area contributed by atoms with Gasteiger partial charge >= 0.3 is 5.97 Å². The van der Waals surface area contributed by atoms with Crippen LogP contribution in [0.2, 0.25) is 0 Å². The van der Waals surface area contributed by atoms with Crippen molar-refractivity contribution in [3.63, 3.8) is 0 Å². The summed E-state index contributed by atoms with van der Waals surface area (Å²) in [5, 5.41) is 0. The first kappa shape index (κ1) is 11.9. The number of ether oxygens (including phenoxy) is 1. The van der Waals surface area contributed by atoms with Crippen LogP contribution in [0, 0.1) is 0 Å². The van der Waals surface area contributed by atoms with Crippen LogP contribution in [-0.4, -0.2) is 21.3 Å². The average molecular weight is 228 g/mol. The smallest absolute Gasteiger partial charge is 0.338 e. The van der Waals surface area contributed by atoms with Gasteiger partial charge in [0.15, 0.2) is 11.1 Å². The van der Waals surface area contributed by atoms with Crippen LogP contribution in [-0.2, 0) is 21.6 Å². The van der Waals surface area contributed by atoms with Crippen molar-refractivity contribution in [1.29, 1.82) is 0 Å². The first-order valence-electron chi connectivity index (χ1n) is 4.47. The van der Waals surface area contributed by atoms with Crippen LogP contribution >= 0.6 is 0 Å². The fourth-order valence-electron chi connectivity index (χ4n) is 1.19. The van der Waals surface area contributed by atoms with E-state index in [2.05, 4.69) is 0 Å². The highest BCUT2D eigenvalue weighted by atomic mass is 32.2. The van der Waals surface area contributed by atoms with Gasteiger partial charge in [-0.3, -0.25) is 0 Å². The van der Waals surface area contributed by atoms with E-state index < -0.39 is 17.0 Å². The van der Waals surface area contributed by atoms with Crippen LogP contribution in [0.15, 0.2) is 24.3 Å². The van der Waals surface area contributed by atoms with Gasteiger partial charge in [-0.25, -0.2) is 9.00 Å². The van der Waals surface area contributed by atoms with Crippen LogP contribution in [0.25, 0.3) is 0 Å². The van der Waals surface area contributed by atoms with E-state index in [1.165, 1.54) is 0 Å². The summed E-state index contributed by atoms with van der Waals surface area (Å²) in [6, 6.07) is 6.63. The molecule has 5 heteroatoms. The molecule has 0 bridgehead atoms. The number of hydrogen-bond acceptors (Lipinski definition) is 3. The molecule has 0 heterocycles. The minimum Gasteiger partial charge on any atom is -0.462 e. The van der Waals surface area contributed by atoms with Gasteiger partial charge in [0.25, 0.3) is 0 Å². The highest BCUT2D eigenvalue weighted by molar-refractivity contribution is 7.78. The predicted octanol–water partition coefficient (Wildman–Crippen LogP) is 1.59. The molecule has 1 aromatic carbocycles. The van der Waals surface area contributed by atoms with E-state index in [9.17, 15) is 9.00 Å². The van der Waals surface area contributed by atoms with Crippen LogP contribution in [0.5, 0.6) is 0 Å². The van der Waals surface area contributed by atoms with Gasteiger partial charge in [-0.2, -0.15) is 0 Å². The quantitative estimate of drug-likeness (QED) is 0.627.